The maximum atomic E-state index is 13.2. The molecule has 2 N–H and O–H groups in total. The van der Waals surface area contributed by atoms with E-state index in [1.54, 1.807) is 0 Å². The van der Waals surface area contributed by atoms with Crippen molar-refractivity contribution in [2.45, 2.75) is 6.04 Å². The summed E-state index contributed by atoms with van der Waals surface area (Å²) in [6.45, 7) is 3.11. The van der Waals surface area contributed by atoms with Crippen LogP contribution in [0.4, 0.5) is 5.69 Å². The topological polar surface area (TPSA) is 49.6 Å². The Balaban J connectivity index is 1.33. The minimum Gasteiger partial charge on any atom is -0.399 e. The molecule has 0 atom stereocenters. The highest BCUT2D eigenvalue weighted by molar-refractivity contribution is 5.99. The summed E-state index contributed by atoms with van der Waals surface area (Å²) in [6.07, 6.45) is 0. The van der Waals surface area contributed by atoms with Crippen molar-refractivity contribution in [3.8, 4) is 0 Å². The lowest BCUT2D eigenvalue weighted by molar-refractivity contribution is 0.0597. The highest BCUT2D eigenvalue weighted by Crippen LogP contribution is 2.30. The van der Waals surface area contributed by atoms with Crippen molar-refractivity contribution in [1.29, 1.82) is 0 Å². The van der Waals surface area contributed by atoms with E-state index < -0.39 is 0 Å². The molecule has 4 nitrogen and oxygen atoms in total. The Bertz CT molecular complexity index is 1180. The lowest BCUT2D eigenvalue weighted by atomic mass is 9.96. The van der Waals surface area contributed by atoms with Crippen molar-refractivity contribution in [3.05, 3.63) is 114 Å². The second kappa shape index (κ2) is 8.85. The molecular formula is C28H27N3O. The molecule has 0 radical (unpaired) electrons. The van der Waals surface area contributed by atoms with Gasteiger partial charge in [0, 0.05) is 37.4 Å². The molecule has 0 bridgehead atoms. The minimum absolute atomic E-state index is 0.0966. The first-order valence-corrected chi connectivity index (χ1v) is 11.1. The molecule has 1 fully saturated rings. The molecule has 0 aliphatic carbocycles. The number of nitrogens with two attached hydrogens (primary N) is 1. The molecular weight excluding hydrogens is 394 g/mol. The quantitative estimate of drug-likeness (QED) is 0.473. The third-order valence-corrected chi connectivity index (χ3v) is 6.31. The van der Waals surface area contributed by atoms with E-state index in [9.17, 15) is 4.79 Å². The van der Waals surface area contributed by atoms with Gasteiger partial charge in [0.15, 0.2) is 0 Å². The zero-order chi connectivity index (χ0) is 21.9. The number of nitrogen functional groups attached to an aromatic ring is 1. The molecule has 4 aromatic rings. The molecule has 1 amide bonds. The van der Waals surface area contributed by atoms with E-state index in [1.807, 2.05) is 41.3 Å². The number of anilines is 1. The molecule has 0 saturated carbocycles. The van der Waals surface area contributed by atoms with Crippen molar-refractivity contribution in [3.63, 3.8) is 0 Å². The van der Waals surface area contributed by atoms with Gasteiger partial charge in [0.1, 0.15) is 0 Å². The first-order valence-electron chi connectivity index (χ1n) is 11.1. The zero-order valence-electron chi connectivity index (χ0n) is 18.0. The molecule has 0 unspecified atom stereocenters. The van der Waals surface area contributed by atoms with E-state index in [-0.39, 0.29) is 11.9 Å². The number of amides is 1. The standard InChI is InChI=1S/C28H27N3O/c29-26-14-13-23-19-25(12-11-24(23)20-26)28(32)31-17-15-30(16-18-31)27(21-7-3-1-4-8-21)22-9-5-2-6-10-22/h1-14,19-20,27H,15-18,29H2. The zero-order valence-corrected chi connectivity index (χ0v) is 18.0. The molecule has 5 rings (SSSR count). The molecule has 32 heavy (non-hydrogen) atoms. The van der Waals surface area contributed by atoms with Crippen LogP contribution in [0.3, 0.4) is 0 Å². The Labute approximate surface area is 188 Å². The number of nitrogens with zero attached hydrogens (tertiary/aromatic N) is 2. The number of hydrogen-bond acceptors (Lipinski definition) is 3. The summed E-state index contributed by atoms with van der Waals surface area (Å²) >= 11 is 0. The number of fused-ring (bicyclic) bond motifs is 1. The van der Waals surface area contributed by atoms with Gasteiger partial charge in [0.2, 0.25) is 0 Å². The number of piperazine rings is 1. The van der Waals surface area contributed by atoms with Crippen LogP contribution >= 0.6 is 0 Å². The fourth-order valence-electron chi connectivity index (χ4n) is 4.65. The Morgan fingerprint density at radius 1 is 0.688 bits per heavy atom. The van der Waals surface area contributed by atoms with Gasteiger partial charge in [0.05, 0.1) is 6.04 Å². The van der Waals surface area contributed by atoms with Crippen LogP contribution in [0, 0.1) is 0 Å². The predicted molar refractivity (Wildman–Crippen MR) is 131 cm³/mol. The maximum absolute atomic E-state index is 13.2. The molecule has 1 aliphatic rings. The Kier molecular flexibility index (Phi) is 5.61. The third kappa shape index (κ3) is 4.10. The van der Waals surface area contributed by atoms with Crippen LogP contribution in [0.15, 0.2) is 97.1 Å². The SMILES string of the molecule is Nc1ccc2cc(C(=O)N3CCN(C(c4ccccc4)c4ccccc4)CC3)ccc2c1. The monoisotopic (exact) mass is 421 g/mol. The predicted octanol–water partition coefficient (Wildman–Crippen LogP) is 4.97. The van der Waals surface area contributed by atoms with Gasteiger partial charge in [0.25, 0.3) is 5.91 Å². The average molecular weight is 422 g/mol. The number of carbonyl (C=O) groups is 1. The van der Waals surface area contributed by atoms with Crippen LogP contribution < -0.4 is 5.73 Å². The molecule has 0 spiro atoms. The summed E-state index contributed by atoms with van der Waals surface area (Å²) in [5.41, 5.74) is 9.92. The number of carbonyl (C=O) groups excluding carboxylic acids is 1. The number of benzene rings is 4. The fraction of sp³-hybridized carbons (Fsp3) is 0.179. The van der Waals surface area contributed by atoms with Gasteiger partial charge in [-0.1, -0.05) is 72.8 Å². The molecule has 4 aromatic carbocycles. The molecule has 1 aliphatic heterocycles. The average Bonchev–Trinajstić information content (AvgIpc) is 2.85. The maximum Gasteiger partial charge on any atom is 0.253 e. The van der Waals surface area contributed by atoms with Gasteiger partial charge in [-0.3, -0.25) is 9.69 Å². The van der Waals surface area contributed by atoms with Gasteiger partial charge < -0.3 is 10.6 Å². The molecule has 1 heterocycles. The lowest BCUT2D eigenvalue weighted by Crippen LogP contribution is -2.49. The van der Waals surface area contributed by atoms with Crippen LogP contribution in [-0.2, 0) is 0 Å². The van der Waals surface area contributed by atoms with E-state index in [2.05, 4.69) is 65.6 Å². The van der Waals surface area contributed by atoms with Crippen molar-refractivity contribution < 1.29 is 4.79 Å². The summed E-state index contributed by atoms with van der Waals surface area (Å²) in [7, 11) is 0. The van der Waals surface area contributed by atoms with Gasteiger partial charge in [-0.15, -0.1) is 0 Å². The van der Waals surface area contributed by atoms with Gasteiger partial charge >= 0.3 is 0 Å². The summed E-state index contributed by atoms with van der Waals surface area (Å²) in [5, 5.41) is 2.09. The fourth-order valence-corrected chi connectivity index (χ4v) is 4.65. The van der Waals surface area contributed by atoms with E-state index in [0.29, 0.717) is 0 Å². The smallest absolute Gasteiger partial charge is 0.253 e. The van der Waals surface area contributed by atoms with Crippen molar-refractivity contribution in [2.24, 2.45) is 0 Å². The highest BCUT2D eigenvalue weighted by atomic mass is 16.2. The second-order valence-electron chi connectivity index (χ2n) is 8.37. The molecule has 1 saturated heterocycles. The van der Waals surface area contributed by atoms with E-state index >= 15 is 0 Å². The largest absolute Gasteiger partial charge is 0.399 e. The molecule has 0 aromatic heterocycles. The summed E-state index contributed by atoms with van der Waals surface area (Å²) in [5.74, 6) is 0.0966. The molecule has 4 heteroatoms. The van der Waals surface area contributed by atoms with Gasteiger partial charge in [-0.2, -0.15) is 0 Å². The van der Waals surface area contributed by atoms with E-state index in [0.717, 1.165) is 48.2 Å². The Hall–Kier alpha value is -3.63. The number of rotatable bonds is 4. The molecule has 160 valence electrons. The first-order chi connectivity index (χ1) is 15.7. The van der Waals surface area contributed by atoms with Crippen molar-refractivity contribution >= 4 is 22.4 Å². The Morgan fingerprint density at radius 2 is 1.25 bits per heavy atom. The van der Waals surface area contributed by atoms with Crippen LogP contribution in [0.25, 0.3) is 10.8 Å². The minimum atomic E-state index is 0.0966. The van der Waals surface area contributed by atoms with Crippen molar-refractivity contribution in [1.82, 2.24) is 9.80 Å². The lowest BCUT2D eigenvalue weighted by Gasteiger charge is -2.39. The highest BCUT2D eigenvalue weighted by Gasteiger charge is 2.28. The summed E-state index contributed by atoms with van der Waals surface area (Å²) < 4.78 is 0. The normalized spacial score (nSPS) is 14.7. The summed E-state index contributed by atoms with van der Waals surface area (Å²) in [4.78, 5) is 17.7. The first kappa shape index (κ1) is 20.3. The van der Waals surface area contributed by atoms with Crippen LogP contribution in [0.5, 0.6) is 0 Å². The number of hydrogen-bond donors (Lipinski definition) is 1. The van der Waals surface area contributed by atoms with Crippen LogP contribution in [0.1, 0.15) is 27.5 Å². The second-order valence-corrected chi connectivity index (χ2v) is 8.37. The van der Waals surface area contributed by atoms with Crippen molar-refractivity contribution in [2.75, 3.05) is 31.9 Å². The van der Waals surface area contributed by atoms with Crippen LogP contribution in [-0.4, -0.2) is 41.9 Å². The Morgan fingerprint density at radius 3 is 1.88 bits per heavy atom. The summed E-state index contributed by atoms with van der Waals surface area (Å²) in [6, 6.07) is 33.1. The van der Waals surface area contributed by atoms with Gasteiger partial charge in [-0.25, -0.2) is 0 Å². The van der Waals surface area contributed by atoms with E-state index in [1.165, 1.54) is 11.1 Å². The van der Waals surface area contributed by atoms with Crippen LogP contribution in [0.2, 0.25) is 0 Å². The van der Waals surface area contributed by atoms with E-state index in [4.69, 9.17) is 5.73 Å². The van der Waals surface area contributed by atoms with Gasteiger partial charge in [-0.05, 0) is 46.2 Å². The third-order valence-electron chi connectivity index (χ3n) is 6.31.